The fourth-order valence-electron chi connectivity index (χ4n) is 3.04. The number of hydrazine groups is 1. The standard InChI is InChI=1S/C15H15BrN2O3/c16-10-7-5-9(6-8-10)13(19)17-18-14(20)11-3-1-2-4-12(11)15(18)21/h5-8,11-12H,1-4H2,(H,17,19). The molecule has 110 valence electrons. The van der Waals surface area contributed by atoms with Crippen molar-refractivity contribution >= 4 is 33.7 Å². The largest absolute Gasteiger partial charge is 0.272 e. The highest BCUT2D eigenvalue weighted by atomic mass is 79.9. The second-order valence-corrected chi connectivity index (χ2v) is 6.37. The molecular formula is C15H15BrN2O3. The lowest BCUT2D eigenvalue weighted by atomic mass is 9.81. The van der Waals surface area contributed by atoms with Crippen molar-refractivity contribution in [1.82, 2.24) is 10.4 Å². The molecule has 1 N–H and O–H groups in total. The number of nitrogens with one attached hydrogen (secondary N) is 1. The van der Waals surface area contributed by atoms with Gasteiger partial charge < -0.3 is 0 Å². The molecule has 2 unspecified atom stereocenters. The molecule has 2 atom stereocenters. The van der Waals surface area contributed by atoms with Crippen molar-refractivity contribution in [3.05, 3.63) is 34.3 Å². The number of hydrogen-bond donors (Lipinski definition) is 1. The number of imide groups is 1. The van der Waals surface area contributed by atoms with E-state index in [1.165, 1.54) is 0 Å². The number of rotatable bonds is 2. The Kier molecular flexibility index (Phi) is 3.80. The van der Waals surface area contributed by atoms with Gasteiger partial charge in [-0.15, -0.1) is 0 Å². The first-order valence-corrected chi connectivity index (χ1v) is 7.81. The number of carbonyl (C=O) groups is 3. The topological polar surface area (TPSA) is 66.5 Å². The van der Waals surface area contributed by atoms with Crippen LogP contribution in [0.15, 0.2) is 28.7 Å². The van der Waals surface area contributed by atoms with Crippen LogP contribution in [-0.2, 0) is 9.59 Å². The summed E-state index contributed by atoms with van der Waals surface area (Å²) in [6.07, 6.45) is 3.41. The van der Waals surface area contributed by atoms with Gasteiger partial charge in [-0.1, -0.05) is 28.8 Å². The summed E-state index contributed by atoms with van der Waals surface area (Å²) >= 11 is 3.29. The number of halogens is 1. The lowest BCUT2D eigenvalue weighted by Gasteiger charge is -2.19. The average Bonchev–Trinajstić information content (AvgIpc) is 2.73. The summed E-state index contributed by atoms with van der Waals surface area (Å²) in [5.74, 6) is -1.49. The van der Waals surface area contributed by atoms with E-state index in [0.717, 1.165) is 35.2 Å². The molecule has 5 nitrogen and oxygen atoms in total. The monoisotopic (exact) mass is 350 g/mol. The number of carbonyl (C=O) groups excluding carboxylic acids is 3. The molecule has 1 saturated carbocycles. The van der Waals surface area contributed by atoms with Gasteiger partial charge in [0.25, 0.3) is 17.7 Å². The van der Waals surface area contributed by atoms with Crippen LogP contribution in [0, 0.1) is 11.8 Å². The van der Waals surface area contributed by atoms with Crippen molar-refractivity contribution in [2.75, 3.05) is 0 Å². The van der Waals surface area contributed by atoms with Crippen LogP contribution in [-0.4, -0.2) is 22.7 Å². The highest BCUT2D eigenvalue weighted by Gasteiger charge is 2.49. The molecule has 1 aromatic carbocycles. The van der Waals surface area contributed by atoms with E-state index in [-0.39, 0.29) is 23.7 Å². The Morgan fingerprint density at radius 3 is 2.10 bits per heavy atom. The van der Waals surface area contributed by atoms with E-state index >= 15 is 0 Å². The summed E-state index contributed by atoms with van der Waals surface area (Å²) in [5.41, 5.74) is 2.86. The Bertz CT molecular complexity index is 575. The third-order valence-corrected chi connectivity index (χ3v) is 4.69. The molecule has 0 aromatic heterocycles. The van der Waals surface area contributed by atoms with Crippen LogP contribution in [0.3, 0.4) is 0 Å². The van der Waals surface area contributed by atoms with E-state index in [4.69, 9.17) is 0 Å². The van der Waals surface area contributed by atoms with Crippen LogP contribution in [0.2, 0.25) is 0 Å². The van der Waals surface area contributed by atoms with Crippen molar-refractivity contribution in [3.63, 3.8) is 0 Å². The van der Waals surface area contributed by atoms with Crippen LogP contribution in [0.5, 0.6) is 0 Å². The molecule has 1 aromatic rings. The Balaban J connectivity index is 1.75. The van der Waals surface area contributed by atoms with Gasteiger partial charge in [0.15, 0.2) is 0 Å². The van der Waals surface area contributed by atoms with E-state index in [2.05, 4.69) is 21.4 Å². The van der Waals surface area contributed by atoms with E-state index in [9.17, 15) is 14.4 Å². The van der Waals surface area contributed by atoms with Crippen molar-refractivity contribution in [2.24, 2.45) is 11.8 Å². The molecule has 6 heteroatoms. The zero-order chi connectivity index (χ0) is 15.0. The van der Waals surface area contributed by atoms with Crippen LogP contribution in [0.25, 0.3) is 0 Å². The smallest absolute Gasteiger partial charge is 0.270 e. The summed E-state index contributed by atoms with van der Waals surface area (Å²) in [7, 11) is 0. The van der Waals surface area contributed by atoms with E-state index < -0.39 is 5.91 Å². The normalized spacial score (nSPS) is 24.9. The van der Waals surface area contributed by atoms with E-state index in [1.54, 1.807) is 24.3 Å². The Hall–Kier alpha value is -1.69. The molecule has 1 aliphatic carbocycles. The highest BCUT2D eigenvalue weighted by Crippen LogP contribution is 2.37. The van der Waals surface area contributed by atoms with Gasteiger partial charge in [-0.05, 0) is 37.1 Å². The zero-order valence-corrected chi connectivity index (χ0v) is 12.9. The number of hydrogen-bond acceptors (Lipinski definition) is 3. The number of nitrogens with zero attached hydrogens (tertiary/aromatic N) is 1. The van der Waals surface area contributed by atoms with Gasteiger partial charge >= 0.3 is 0 Å². The van der Waals surface area contributed by atoms with Gasteiger partial charge in [0, 0.05) is 10.0 Å². The number of benzene rings is 1. The van der Waals surface area contributed by atoms with Crippen molar-refractivity contribution < 1.29 is 14.4 Å². The maximum absolute atomic E-state index is 12.3. The van der Waals surface area contributed by atoms with Crippen molar-refractivity contribution in [1.29, 1.82) is 0 Å². The van der Waals surface area contributed by atoms with Crippen LogP contribution in [0.1, 0.15) is 36.0 Å². The van der Waals surface area contributed by atoms with Gasteiger partial charge in [-0.2, -0.15) is 5.01 Å². The second kappa shape index (κ2) is 5.60. The van der Waals surface area contributed by atoms with Crippen molar-refractivity contribution in [2.45, 2.75) is 25.7 Å². The predicted octanol–water partition coefficient (Wildman–Crippen LogP) is 2.27. The molecule has 1 aliphatic heterocycles. The molecule has 1 heterocycles. The summed E-state index contributed by atoms with van der Waals surface area (Å²) in [4.78, 5) is 36.6. The van der Waals surface area contributed by atoms with E-state index in [0.29, 0.717) is 5.56 Å². The fraction of sp³-hybridized carbons (Fsp3) is 0.400. The van der Waals surface area contributed by atoms with Gasteiger partial charge in [-0.3, -0.25) is 19.8 Å². The van der Waals surface area contributed by atoms with Gasteiger partial charge in [0.1, 0.15) is 0 Å². The summed E-state index contributed by atoms with van der Waals surface area (Å²) in [5, 5.41) is 0.922. The highest BCUT2D eigenvalue weighted by molar-refractivity contribution is 9.10. The molecule has 0 spiro atoms. The summed E-state index contributed by atoms with van der Waals surface area (Å²) in [6, 6.07) is 6.75. The molecule has 3 amide bonds. The first-order valence-electron chi connectivity index (χ1n) is 7.02. The molecule has 2 fully saturated rings. The minimum atomic E-state index is -0.442. The van der Waals surface area contributed by atoms with Gasteiger partial charge in [0.05, 0.1) is 11.8 Å². The molecular weight excluding hydrogens is 336 g/mol. The third-order valence-electron chi connectivity index (χ3n) is 4.16. The lowest BCUT2D eigenvalue weighted by Crippen LogP contribution is -2.46. The average molecular weight is 351 g/mol. The summed E-state index contributed by atoms with van der Waals surface area (Å²) in [6.45, 7) is 0. The Morgan fingerprint density at radius 1 is 1.05 bits per heavy atom. The minimum absolute atomic E-state index is 0.253. The first kappa shape index (κ1) is 14.3. The van der Waals surface area contributed by atoms with Gasteiger partial charge in [0.2, 0.25) is 0 Å². The summed E-state index contributed by atoms with van der Waals surface area (Å²) < 4.78 is 0.860. The molecule has 3 rings (SSSR count). The predicted molar refractivity (Wildman–Crippen MR) is 78.9 cm³/mol. The lowest BCUT2D eigenvalue weighted by molar-refractivity contribution is -0.142. The van der Waals surface area contributed by atoms with Crippen LogP contribution >= 0.6 is 15.9 Å². The third kappa shape index (κ3) is 2.60. The fourth-order valence-corrected chi connectivity index (χ4v) is 3.30. The maximum Gasteiger partial charge on any atom is 0.270 e. The molecule has 21 heavy (non-hydrogen) atoms. The minimum Gasteiger partial charge on any atom is -0.272 e. The molecule has 1 saturated heterocycles. The van der Waals surface area contributed by atoms with Crippen LogP contribution < -0.4 is 5.43 Å². The van der Waals surface area contributed by atoms with Gasteiger partial charge in [-0.25, -0.2) is 0 Å². The first-order chi connectivity index (χ1) is 10.1. The number of fused-ring (bicyclic) bond motifs is 1. The molecule has 0 bridgehead atoms. The second-order valence-electron chi connectivity index (χ2n) is 5.46. The quantitative estimate of drug-likeness (QED) is 0.832. The molecule has 0 radical (unpaired) electrons. The van der Waals surface area contributed by atoms with E-state index in [1.807, 2.05) is 0 Å². The van der Waals surface area contributed by atoms with Crippen LogP contribution in [0.4, 0.5) is 0 Å². The maximum atomic E-state index is 12.3. The van der Waals surface area contributed by atoms with Crippen molar-refractivity contribution in [3.8, 4) is 0 Å². The zero-order valence-electron chi connectivity index (χ0n) is 11.3. The Morgan fingerprint density at radius 2 is 1.57 bits per heavy atom. The Labute approximate surface area is 130 Å². The SMILES string of the molecule is O=C(NN1C(=O)C2CCCCC2C1=O)c1ccc(Br)cc1. The molecule has 2 aliphatic rings. The number of amides is 3.